The average Bonchev–Trinajstić information content (AvgIpc) is 2.62. The summed E-state index contributed by atoms with van der Waals surface area (Å²) >= 11 is 0. The van der Waals surface area contributed by atoms with Gasteiger partial charge in [0.25, 0.3) is 0 Å². The molecule has 0 aliphatic heterocycles. The summed E-state index contributed by atoms with van der Waals surface area (Å²) < 4.78 is 10.6. The highest BCUT2D eigenvalue weighted by Crippen LogP contribution is 2.28. The molecule has 0 saturated carbocycles. The number of anilines is 1. The van der Waals surface area contributed by atoms with Crippen LogP contribution in [0.15, 0.2) is 53.5 Å². The molecule has 0 aromatic heterocycles. The number of halogens is 1. The molecule has 0 radical (unpaired) electrons. The lowest BCUT2D eigenvalue weighted by Crippen LogP contribution is -2.27. The van der Waals surface area contributed by atoms with Crippen LogP contribution in [0.5, 0.6) is 11.5 Å². The Labute approximate surface area is 172 Å². The minimum Gasteiger partial charge on any atom is -0.497 e. The molecule has 2 aromatic rings. The van der Waals surface area contributed by atoms with E-state index in [-0.39, 0.29) is 30.0 Å². The SMILES string of the molecule is COc1ccc(OC)c(NC(N)=NCC(c2ccccc2)N(C)C)c1.I. The number of benzene rings is 2. The smallest absolute Gasteiger partial charge is 0.193 e. The van der Waals surface area contributed by atoms with Gasteiger partial charge in [0.2, 0.25) is 0 Å². The van der Waals surface area contributed by atoms with Gasteiger partial charge >= 0.3 is 0 Å². The fourth-order valence-electron chi connectivity index (χ4n) is 2.52. The molecule has 26 heavy (non-hydrogen) atoms. The Morgan fingerprint density at radius 3 is 2.38 bits per heavy atom. The summed E-state index contributed by atoms with van der Waals surface area (Å²) in [4.78, 5) is 6.62. The van der Waals surface area contributed by atoms with Crippen LogP contribution in [0.25, 0.3) is 0 Å². The number of nitrogens with two attached hydrogens (primary N) is 1. The number of nitrogens with zero attached hydrogens (tertiary/aromatic N) is 2. The van der Waals surface area contributed by atoms with Gasteiger partial charge in [-0.05, 0) is 31.8 Å². The largest absolute Gasteiger partial charge is 0.497 e. The van der Waals surface area contributed by atoms with Crippen molar-refractivity contribution in [2.75, 3.05) is 40.2 Å². The van der Waals surface area contributed by atoms with Gasteiger partial charge in [-0.15, -0.1) is 24.0 Å². The molecule has 0 fully saturated rings. The normalized spacial score (nSPS) is 12.3. The van der Waals surface area contributed by atoms with E-state index in [0.29, 0.717) is 29.7 Å². The van der Waals surface area contributed by atoms with Crippen LogP contribution < -0.4 is 20.5 Å². The molecule has 6 nitrogen and oxygen atoms in total. The van der Waals surface area contributed by atoms with Gasteiger partial charge in [-0.1, -0.05) is 30.3 Å². The van der Waals surface area contributed by atoms with Crippen LogP contribution in [-0.4, -0.2) is 45.7 Å². The minimum atomic E-state index is 0. The molecule has 0 bridgehead atoms. The van der Waals surface area contributed by atoms with E-state index in [1.165, 1.54) is 5.56 Å². The molecule has 2 aromatic carbocycles. The van der Waals surface area contributed by atoms with Crippen molar-refractivity contribution in [3.8, 4) is 11.5 Å². The second-order valence-electron chi connectivity index (χ2n) is 5.81. The van der Waals surface area contributed by atoms with Crippen molar-refractivity contribution in [1.29, 1.82) is 0 Å². The summed E-state index contributed by atoms with van der Waals surface area (Å²) in [5.74, 6) is 1.71. The van der Waals surface area contributed by atoms with Crippen molar-refractivity contribution in [3.05, 3.63) is 54.1 Å². The first-order valence-electron chi connectivity index (χ1n) is 8.05. The predicted octanol–water partition coefficient (Wildman–Crippen LogP) is 3.35. The van der Waals surface area contributed by atoms with Crippen molar-refractivity contribution >= 4 is 35.6 Å². The molecule has 1 atom stereocenters. The second kappa shape index (κ2) is 10.9. The highest BCUT2D eigenvalue weighted by molar-refractivity contribution is 14.0. The number of ether oxygens (including phenoxy) is 2. The lowest BCUT2D eigenvalue weighted by molar-refractivity contribution is 0.306. The lowest BCUT2D eigenvalue weighted by atomic mass is 10.1. The molecule has 0 saturated heterocycles. The molecule has 0 aliphatic rings. The van der Waals surface area contributed by atoms with Crippen LogP contribution in [0, 0.1) is 0 Å². The van der Waals surface area contributed by atoms with Crippen LogP contribution in [0.2, 0.25) is 0 Å². The molecule has 0 aliphatic carbocycles. The van der Waals surface area contributed by atoms with Crippen molar-refractivity contribution in [3.63, 3.8) is 0 Å². The first-order valence-corrected chi connectivity index (χ1v) is 8.05. The molecule has 142 valence electrons. The van der Waals surface area contributed by atoms with Crippen molar-refractivity contribution in [1.82, 2.24) is 4.90 Å². The third-order valence-corrected chi connectivity index (χ3v) is 3.91. The highest BCUT2D eigenvalue weighted by atomic mass is 127. The third-order valence-electron chi connectivity index (χ3n) is 3.91. The molecule has 0 heterocycles. The predicted molar refractivity (Wildman–Crippen MR) is 118 cm³/mol. The summed E-state index contributed by atoms with van der Waals surface area (Å²) in [7, 11) is 7.28. The van der Waals surface area contributed by atoms with E-state index >= 15 is 0 Å². The zero-order valence-electron chi connectivity index (χ0n) is 15.6. The fourth-order valence-corrected chi connectivity index (χ4v) is 2.52. The maximum atomic E-state index is 6.07. The summed E-state index contributed by atoms with van der Waals surface area (Å²) in [5, 5.41) is 3.09. The van der Waals surface area contributed by atoms with Crippen LogP contribution in [0.1, 0.15) is 11.6 Å². The highest BCUT2D eigenvalue weighted by Gasteiger charge is 2.13. The van der Waals surface area contributed by atoms with E-state index in [0.717, 1.165) is 0 Å². The molecule has 0 spiro atoms. The molecule has 2 rings (SSSR count). The van der Waals surface area contributed by atoms with Gasteiger partial charge in [-0.3, -0.25) is 4.99 Å². The molecular formula is C19H27IN4O2. The fraction of sp³-hybridized carbons (Fsp3) is 0.316. The first kappa shape index (κ1) is 22.0. The Kier molecular flexibility index (Phi) is 9.22. The van der Waals surface area contributed by atoms with Gasteiger partial charge in [0, 0.05) is 6.07 Å². The number of nitrogens with one attached hydrogen (secondary N) is 1. The van der Waals surface area contributed by atoms with Crippen LogP contribution in [0.4, 0.5) is 5.69 Å². The van der Waals surface area contributed by atoms with Crippen LogP contribution >= 0.6 is 24.0 Å². The summed E-state index contributed by atoms with van der Waals surface area (Å²) in [6.45, 7) is 0.544. The maximum absolute atomic E-state index is 6.07. The van der Waals surface area contributed by atoms with E-state index in [1.807, 2.05) is 50.5 Å². The van der Waals surface area contributed by atoms with Gasteiger partial charge in [0.05, 0.1) is 32.5 Å². The average molecular weight is 470 g/mol. The van der Waals surface area contributed by atoms with E-state index in [2.05, 4.69) is 27.3 Å². The Morgan fingerprint density at radius 2 is 1.81 bits per heavy atom. The van der Waals surface area contributed by atoms with Gasteiger partial charge < -0.3 is 25.4 Å². The minimum absolute atomic E-state index is 0. The number of likely N-dealkylation sites (N-methyl/N-ethyl adjacent to an activating group) is 1. The van der Waals surface area contributed by atoms with E-state index in [9.17, 15) is 0 Å². The van der Waals surface area contributed by atoms with Crippen molar-refractivity contribution in [2.24, 2.45) is 10.7 Å². The van der Waals surface area contributed by atoms with E-state index in [1.54, 1.807) is 14.2 Å². The number of hydrogen-bond donors (Lipinski definition) is 2. The zero-order valence-corrected chi connectivity index (χ0v) is 17.9. The topological polar surface area (TPSA) is 72.1 Å². The van der Waals surface area contributed by atoms with E-state index in [4.69, 9.17) is 15.2 Å². The van der Waals surface area contributed by atoms with Gasteiger partial charge in [0.1, 0.15) is 11.5 Å². The van der Waals surface area contributed by atoms with Gasteiger partial charge in [0.15, 0.2) is 5.96 Å². The van der Waals surface area contributed by atoms with Gasteiger partial charge in [-0.25, -0.2) is 0 Å². The maximum Gasteiger partial charge on any atom is 0.193 e. The quantitative estimate of drug-likeness (QED) is 0.369. The van der Waals surface area contributed by atoms with Crippen molar-refractivity contribution in [2.45, 2.75) is 6.04 Å². The molecule has 3 N–H and O–H groups in total. The molecule has 7 heteroatoms. The third kappa shape index (κ3) is 6.06. The Morgan fingerprint density at radius 1 is 1.12 bits per heavy atom. The van der Waals surface area contributed by atoms with E-state index < -0.39 is 0 Å². The van der Waals surface area contributed by atoms with Crippen LogP contribution in [-0.2, 0) is 0 Å². The Balaban J connectivity index is 0.00000338. The summed E-state index contributed by atoms with van der Waals surface area (Å²) in [6, 6.07) is 15.9. The zero-order chi connectivity index (χ0) is 18.2. The monoisotopic (exact) mass is 470 g/mol. The number of methoxy groups -OCH3 is 2. The second-order valence-corrected chi connectivity index (χ2v) is 5.81. The number of rotatable bonds is 7. The standard InChI is InChI=1S/C19H26N4O2.HI/c1-23(2)17(14-8-6-5-7-9-14)13-21-19(20)22-16-12-15(24-3)10-11-18(16)25-4;/h5-12,17H,13H2,1-4H3,(H3,20,21,22);1H. The number of aliphatic imine (C=N–C) groups is 1. The Hall–Kier alpha value is -2.00. The van der Waals surface area contributed by atoms with Crippen molar-refractivity contribution < 1.29 is 9.47 Å². The lowest BCUT2D eigenvalue weighted by Gasteiger charge is -2.23. The van der Waals surface area contributed by atoms with Gasteiger partial charge in [-0.2, -0.15) is 0 Å². The molecule has 0 amide bonds. The summed E-state index contributed by atoms with van der Waals surface area (Å²) in [6.07, 6.45) is 0. The number of hydrogen-bond acceptors (Lipinski definition) is 4. The Bertz CT molecular complexity index is 708. The summed E-state index contributed by atoms with van der Waals surface area (Å²) in [5.41, 5.74) is 7.98. The first-order chi connectivity index (χ1) is 12.0. The molecule has 1 unspecified atom stereocenters. The molecular weight excluding hydrogens is 443 g/mol. The van der Waals surface area contributed by atoms with Crippen LogP contribution in [0.3, 0.4) is 0 Å². The number of guanidine groups is 1.